The zero-order valence-electron chi connectivity index (χ0n) is 11.3. The van der Waals surface area contributed by atoms with Gasteiger partial charge in [-0.25, -0.2) is 9.59 Å². The third-order valence-electron chi connectivity index (χ3n) is 2.67. The van der Waals surface area contributed by atoms with E-state index in [4.69, 9.17) is 21.4 Å². The van der Waals surface area contributed by atoms with Gasteiger partial charge in [-0.1, -0.05) is 17.7 Å². The lowest BCUT2D eigenvalue weighted by Crippen LogP contribution is -2.32. The molecular formula is C13H16ClNO5. The highest BCUT2D eigenvalue weighted by Gasteiger charge is 2.15. The van der Waals surface area contributed by atoms with Gasteiger partial charge in [-0.15, -0.1) is 0 Å². The highest BCUT2D eigenvalue weighted by molar-refractivity contribution is 6.31. The SMILES string of the molecule is COCCN(Cc1ccc(C(=O)OC)cc1Cl)C(=O)O. The fourth-order valence-electron chi connectivity index (χ4n) is 1.57. The fourth-order valence-corrected chi connectivity index (χ4v) is 1.81. The average molecular weight is 302 g/mol. The quantitative estimate of drug-likeness (QED) is 0.816. The first-order valence-corrected chi connectivity index (χ1v) is 6.21. The first kappa shape index (κ1) is 16.3. The number of nitrogens with zero attached hydrogens (tertiary/aromatic N) is 1. The Hall–Kier alpha value is -1.79. The minimum absolute atomic E-state index is 0.124. The first-order valence-electron chi connectivity index (χ1n) is 5.83. The van der Waals surface area contributed by atoms with Crippen LogP contribution in [-0.2, 0) is 16.0 Å². The third kappa shape index (κ3) is 4.40. The maximum Gasteiger partial charge on any atom is 0.407 e. The third-order valence-corrected chi connectivity index (χ3v) is 3.02. The van der Waals surface area contributed by atoms with Crippen molar-refractivity contribution in [3.63, 3.8) is 0 Å². The smallest absolute Gasteiger partial charge is 0.407 e. The first-order chi connectivity index (χ1) is 9.49. The molecule has 0 heterocycles. The van der Waals surface area contributed by atoms with Gasteiger partial charge in [-0.3, -0.25) is 0 Å². The number of hydrogen-bond acceptors (Lipinski definition) is 4. The molecule has 0 radical (unpaired) electrons. The number of hydrogen-bond donors (Lipinski definition) is 1. The summed E-state index contributed by atoms with van der Waals surface area (Å²) in [6.07, 6.45) is -1.06. The standard InChI is InChI=1S/C13H16ClNO5/c1-19-6-5-15(13(17)18)8-10-4-3-9(7-11(10)14)12(16)20-2/h3-4,7H,5-6,8H2,1-2H3,(H,17,18). The van der Waals surface area contributed by atoms with Crippen LogP contribution in [0.5, 0.6) is 0 Å². The Morgan fingerprint density at radius 2 is 2.05 bits per heavy atom. The van der Waals surface area contributed by atoms with Gasteiger partial charge in [0, 0.05) is 18.7 Å². The van der Waals surface area contributed by atoms with Crippen molar-refractivity contribution < 1.29 is 24.2 Å². The minimum atomic E-state index is -1.06. The van der Waals surface area contributed by atoms with E-state index in [9.17, 15) is 9.59 Å². The number of rotatable bonds is 6. The van der Waals surface area contributed by atoms with E-state index in [1.54, 1.807) is 12.1 Å². The zero-order chi connectivity index (χ0) is 15.1. The maximum atomic E-state index is 11.3. The van der Waals surface area contributed by atoms with Crippen molar-refractivity contribution in [1.82, 2.24) is 4.90 Å². The van der Waals surface area contributed by atoms with Gasteiger partial charge >= 0.3 is 12.1 Å². The number of carboxylic acid groups (broad SMARTS) is 1. The lowest BCUT2D eigenvalue weighted by molar-refractivity contribution is 0.0600. The number of carbonyl (C=O) groups is 2. The molecule has 0 aromatic heterocycles. The molecule has 0 saturated heterocycles. The molecular weight excluding hydrogens is 286 g/mol. The Balaban J connectivity index is 2.85. The van der Waals surface area contributed by atoms with Crippen LogP contribution in [0.15, 0.2) is 18.2 Å². The fraction of sp³-hybridized carbons (Fsp3) is 0.385. The molecule has 20 heavy (non-hydrogen) atoms. The summed E-state index contributed by atoms with van der Waals surface area (Å²) >= 11 is 6.05. The van der Waals surface area contributed by atoms with Crippen LogP contribution < -0.4 is 0 Å². The average Bonchev–Trinajstić information content (AvgIpc) is 2.43. The molecule has 1 N–H and O–H groups in total. The molecule has 7 heteroatoms. The monoisotopic (exact) mass is 301 g/mol. The van der Waals surface area contributed by atoms with Gasteiger partial charge in [0.25, 0.3) is 0 Å². The summed E-state index contributed by atoms with van der Waals surface area (Å²) in [5, 5.41) is 9.40. The van der Waals surface area contributed by atoms with Crippen LogP contribution in [0.25, 0.3) is 0 Å². The number of ether oxygens (including phenoxy) is 2. The van der Waals surface area contributed by atoms with Crippen molar-refractivity contribution in [2.24, 2.45) is 0 Å². The molecule has 0 fully saturated rings. The van der Waals surface area contributed by atoms with E-state index < -0.39 is 12.1 Å². The van der Waals surface area contributed by atoms with Crippen LogP contribution in [-0.4, -0.2) is 49.4 Å². The molecule has 110 valence electrons. The number of methoxy groups -OCH3 is 2. The predicted molar refractivity (Wildman–Crippen MR) is 73.1 cm³/mol. The molecule has 0 bridgehead atoms. The van der Waals surface area contributed by atoms with Crippen molar-refractivity contribution in [2.45, 2.75) is 6.54 Å². The molecule has 0 unspecified atom stereocenters. The summed E-state index contributed by atoms with van der Waals surface area (Å²) in [6, 6.07) is 4.61. The van der Waals surface area contributed by atoms with Gasteiger partial charge in [0.2, 0.25) is 0 Å². The summed E-state index contributed by atoms with van der Waals surface area (Å²) in [5.41, 5.74) is 0.929. The number of benzene rings is 1. The van der Waals surface area contributed by atoms with E-state index >= 15 is 0 Å². The van der Waals surface area contributed by atoms with Crippen LogP contribution in [0.1, 0.15) is 15.9 Å². The van der Waals surface area contributed by atoms with Gasteiger partial charge in [0.05, 0.1) is 25.8 Å². The van der Waals surface area contributed by atoms with Crippen molar-refractivity contribution in [3.05, 3.63) is 34.3 Å². The number of halogens is 1. The van der Waals surface area contributed by atoms with E-state index in [0.29, 0.717) is 22.8 Å². The minimum Gasteiger partial charge on any atom is -0.465 e. The lowest BCUT2D eigenvalue weighted by Gasteiger charge is -2.19. The van der Waals surface area contributed by atoms with Crippen LogP contribution in [0.2, 0.25) is 5.02 Å². The Morgan fingerprint density at radius 1 is 1.35 bits per heavy atom. The second-order valence-corrected chi connectivity index (χ2v) is 4.40. The van der Waals surface area contributed by atoms with Gasteiger partial charge in [0.1, 0.15) is 0 Å². The van der Waals surface area contributed by atoms with Crippen LogP contribution in [0.3, 0.4) is 0 Å². The molecule has 1 aromatic rings. The number of amides is 1. The molecule has 1 aromatic carbocycles. The molecule has 0 atom stereocenters. The van der Waals surface area contributed by atoms with Crippen LogP contribution >= 0.6 is 11.6 Å². The van der Waals surface area contributed by atoms with Gasteiger partial charge in [-0.05, 0) is 17.7 Å². The van der Waals surface area contributed by atoms with Crippen LogP contribution in [0.4, 0.5) is 4.79 Å². The van der Waals surface area contributed by atoms with Gasteiger partial charge in [0.15, 0.2) is 0 Å². The van der Waals surface area contributed by atoms with Crippen molar-refractivity contribution in [3.8, 4) is 0 Å². The number of carbonyl (C=O) groups excluding carboxylic acids is 1. The molecule has 0 saturated carbocycles. The Labute approximate surface area is 121 Å². The molecule has 1 rings (SSSR count). The van der Waals surface area contributed by atoms with E-state index in [1.165, 1.54) is 25.2 Å². The molecule has 6 nitrogen and oxygen atoms in total. The van der Waals surface area contributed by atoms with Gasteiger partial charge < -0.3 is 19.5 Å². The highest BCUT2D eigenvalue weighted by Crippen LogP contribution is 2.20. The largest absolute Gasteiger partial charge is 0.465 e. The van der Waals surface area contributed by atoms with Crippen molar-refractivity contribution in [2.75, 3.05) is 27.4 Å². The topological polar surface area (TPSA) is 76.1 Å². The second kappa shape index (κ2) is 7.72. The summed E-state index contributed by atoms with van der Waals surface area (Å²) in [7, 11) is 2.78. The Kier molecular flexibility index (Phi) is 6.27. The van der Waals surface area contributed by atoms with E-state index in [2.05, 4.69) is 4.74 Å². The summed E-state index contributed by atoms with van der Waals surface area (Å²) < 4.78 is 9.44. The molecule has 1 amide bonds. The van der Waals surface area contributed by atoms with Gasteiger partial charge in [-0.2, -0.15) is 0 Å². The highest BCUT2D eigenvalue weighted by atomic mass is 35.5. The predicted octanol–water partition coefficient (Wildman–Crippen LogP) is 2.25. The molecule has 0 aliphatic heterocycles. The van der Waals surface area contributed by atoms with E-state index in [0.717, 1.165) is 0 Å². The Bertz CT molecular complexity index is 492. The van der Waals surface area contributed by atoms with Crippen molar-refractivity contribution in [1.29, 1.82) is 0 Å². The summed E-state index contributed by atoms with van der Waals surface area (Å²) in [5.74, 6) is -0.493. The normalized spacial score (nSPS) is 10.2. The molecule has 0 spiro atoms. The Morgan fingerprint density at radius 3 is 2.55 bits per heavy atom. The van der Waals surface area contributed by atoms with E-state index in [1.807, 2.05) is 0 Å². The lowest BCUT2D eigenvalue weighted by atomic mass is 10.1. The summed E-state index contributed by atoms with van der Waals surface area (Å²) in [6.45, 7) is 0.657. The zero-order valence-corrected chi connectivity index (χ0v) is 12.0. The second-order valence-electron chi connectivity index (χ2n) is 3.99. The van der Waals surface area contributed by atoms with E-state index in [-0.39, 0.29) is 13.1 Å². The summed E-state index contributed by atoms with van der Waals surface area (Å²) in [4.78, 5) is 23.6. The molecule has 0 aliphatic carbocycles. The molecule has 0 aliphatic rings. The van der Waals surface area contributed by atoms with Crippen LogP contribution in [0, 0.1) is 0 Å². The van der Waals surface area contributed by atoms with Crippen molar-refractivity contribution >= 4 is 23.7 Å². The maximum absolute atomic E-state index is 11.3. The number of esters is 1.